The van der Waals surface area contributed by atoms with Crippen molar-refractivity contribution in [1.82, 2.24) is 9.97 Å². The first kappa shape index (κ1) is 62.2. The van der Waals surface area contributed by atoms with Crippen LogP contribution in [0.1, 0.15) is 150 Å². The maximum absolute atomic E-state index is 5.43. The van der Waals surface area contributed by atoms with Gasteiger partial charge in [-0.2, -0.15) is 35.9 Å². The van der Waals surface area contributed by atoms with Gasteiger partial charge in [0.15, 0.2) is 0 Å². The van der Waals surface area contributed by atoms with Crippen molar-refractivity contribution in [2.45, 2.75) is 105 Å². The molecule has 0 saturated carbocycles. The van der Waals surface area contributed by atoms with Crippen molar-refractivity contribution in [2.24, 2.45) is 0 Å². The summed E-state index contributed by atoms with van der Waals surface area (Å²) in [5.41, 5.74) is 15.7. The third kappa shape index (κ3) is 14.9. The molecule has 2 atom stereocenters. The minimum absolute atomic E-state index is 0. The molecule has 0 aliphatic heterocycles. The average Bonchev–Trinajstić information content (AvgIpc) is 3.44. The average molecular weight is 1320 g/mol. The fourth-order valence-electron chi connectivity index (χ4n) is 9.83. The van der Waals surface area contributed by atoms with Gasteiger partial charge < -0.3 is 23.0 Å². The van der Waals surface area contributed by atoms with Gasteiger partial charge in [0.1, 0.15) is 0 Å². The molecule has 0 fully saturated rings. The van der Waals surface area contributed by atoms with Gasteiger partial charge >= 0.3 is 0 Å². The Bertz CT molecular complexity index is 3120. The first-order valence-corrected chi connectivity index (χ1v) is 26.6. The number of anilines is 1. The van der Waals surface area contributed by atoms with Crippen LogP contribution in [0.3, 0.4) is 0 Å². The fourth-order valence-corrected chi connectivity index (χ4v) is 9.83. The van der Waals surface area contributed by atoms with Gasteiger partial charge in [0.05, 0.1) is 17.4 Å². The fraction of sp³-hybridized carbons (Fsp3) is 0.225. The summed E-state index contributed by atoms with van der Waals surface area (Å²) in [6, 6.07) is 78.6. The van der Waals surface area contributed by atoms with Gasteiger partial charge in [0, 0.05) is 82.7 Å². The quantitative estimate of drug-likeness (QED) is 0.0872. The van der Waals surface area contributed by atoms with Crippen molar-refractivity contribution in [1.29, 1.82) is 0 Å². The Kier molecular flexibility index (Phi) is 24.2. The van der Waals surface area contributed by atoms with Crippen LogP contribution in [0, 0.1) is 59.5 Å². The Morgan fingerprint density at radius 3 is 1.55 bits per heavy atom. The molecule has 0 aliphatic carbocycles. The molecule has 2 aromatic heterocycles. The number of hydrogen-bond acceptors (Lipinski definition) is 3. The summed E-state index contributed by atoms with van der Waals surface area (Å²) in [6.07, 6.45) is 0. The van der Waals surface area contributed by atoms with Crippen molar-refractivity contribution >= 4 is 32.9 Å². The summed E-state index contributed by atoms with van der Waals surface area (Å²) in [5.74, 6) is 1.56. The largest absolute Gasteiger partial charge is 0.674 e. The Balaban J connectivity index is 0.000000265. The van der Waals surface area contributed by atoms with E-state index < -0.39 is 0 Å². The number of nitrogens with one attached hydrogen (secondary N) is 1. The Morgan fingerprint density at radius 2 is 0.935 bits per heavy atom. The standard InChI is InChI=1S/C34H34N2.C34H31N2.C2H6.CH3.Gd.Hf/c2*1-23(2)27-18-11-19-28(24(3)4)34(27)36-33(26-14-6-5-7-15-26)32-22-12-21-31(35-32)30-20-10-16-25-13-8-9-17-29(25)30;1-2;;;/h5-24,33,36H,1-4H3;5-14,16-19,21-24,33H,1-4H3;1-2H3;1H3;;/q;-3;;-1;;. The Hall–Kier alpha value is -5.63. The molecule has 1 N–H and O–H groups in total. The number of benzene rings is 8. The van der Waals surface area contributed by atoms with Gasteiger partial charge in [-0.15, -0.1) is 34.8 Å². The summed E-state index contributed by atoms with van der Waals surface area (Å²) in [6.45, 7) is 22.0. The topological polar surface area (TPSA) is 51.9 Å². The summed E-state index contributed by atoms with van der Waals surface area (Å²) in [7, 11) is 0. The van der Waals surface area contributed by atoms with E-state index in [-0.39, 0.29) is 85.3 Å². The molecule has 8 aromatic carbocycles. The SMILES string of the molecule is CC.CC(C)c1cccc(C(C)C)c1NC(c1ccccc1)c1cccc(-c2cccc3ccccc23)n1.CC(C)c1cccc(C(C)C)c1[N-]C(c1[c-]cccc1)c1cccc(-c2[c-]ccc3ccccc23)n1.[CH3-].[Gd].[Hf]. The molecule has 0 bridgehead atoms. The number of para-hydroxylation sites is 2. The summed E-state index contributed by atoms with van der Waals surface area (Å²) in [4.78, 5) is 10.4. The van der Waals surface area contributed by atoms with E-state index in [0.717, 1.165) is 50.5 Å². The monoisotopic (exact) mass is 1320 g/mol. The van der Waals surface area contributed by atoms with E-state index in [1.807, 2.05) is 38.1 Å². The molecule has 10 rings (SSSR count). The first-order valence-electron chi connectivity index (χ1n) is 26.6. The van der Waals surface area contributed by atoms with E-state index in [0.29, 0.717) is 23.7 Å². The smallest absolute Gasteiger partial charge is 0.0940 e. The zero-order valence-electron chi connectivity index (χ0n) is 46.8. The number of nitrogens with zero attached hydrogens (tertiary/aromatic N) is 3. The predicted octanol–water partition coefficient (Wildman–Crippen LogP) is 20.4. The van der Waals surface area contributed by atoms with Crippen LogP contribution in [0.4, 0.5) is 11.4 Å². The second-order valence-electron chi connectivity index (χ2n) is 19.9. The van der Waals surface area contributed by atoms with Crippen LogP contribution in [0.15, 0.2) is 206 Å². The first-order chi connectivity index (χ1) is 36.0. The molecule has 0 saturated heterocycles. The molecular formula is C71H74GdHfN4-4. The molecule has 2 heterocycles. The second-order valence-corrected chi connectivity index (χ2v) is 19.9. The van der Waals surface area contributed by atoms with Crippen molar-refractivity contribution < 1.29 is 65.8 Å². The normalized spacial score (nSPS) is 11.6. The Morgan fingerprint density at radius 1 is 0.442 bits per heavy atom. The van der Waals surface area contributed by atoms with Crippen LogP contribution in [0.2, 0.25) is 0 Å². The Labute approximate surface area is 512 Å². The molecule has 0 amide bonds. The zero-order chi connectivity index (χ0) is 52.1. The molecule has 6 heteroatoms. The maximum Gasteiger partial charge on any atom is 0.0940 e. The molecule has 2 unspecified atom stereocenters. The molecule has 0 spiro atoms. The third-order valence-corrected chi connectivity index (χ3v) is 13.6. The molecule has 77 heavy (non-hydrogen) atoms. The van der Waals surface area contributed by atoms with Crippen molar-refractivity contribution in [2.75, 3.05) is 5.32 Å². The van der Waals surface area contributed by atoms with E-state index in [4.69, 9.17) is 15.3 Å². The predicted molar refractivity (Wildman–Crippen MR) is 322 cm³/mol. The van der Waals surface area contributed by atoms with Crippen LogP contribution >= 0.6 is 0 Å². The molecule has 10 aromatic rings. The van der Waals surface area contributed by atoms with Gasteiger partial charge in [0.25, 0.3) is 0 Å². The zero-order valence-corrected chi connectivity index (χ0v) is 52.7. The van der Waals surface area contributed by atoms with Gasteiger partial charge in [-0.05, 0) is 75.0 Å². The van der Waals surface area contributed by atoms with Gasteiger partial charge in [-0.3, -0.25) is 4.98 Å². The van der Waals surface area contributed by atoms with Gasteiger partial charge in [-0.1, -0.05) is 243 Å². The van der Waals surface area contributed by atoms with Crippen LogP contribution in [0.5, 0.6) is 0 Å². The van der Waals surface area contributed by atoms with Crippen molar-refractivity contribution in [3.8, 4) is 22.5 Å². The minimum Gasteiger partial charge on any atom is -0.674 e. The van der Waals surface area contributed by atoms with Crippen LogP contribution < -0.4 is 5.32 Å². The van der Waals surface area contributed by atoms with E-state index >= 15 is 0 Å². The third-order valence-electron chi connectivity index (χ3n) is 13.6. The van der Waals surface area contributed by atoms with E-state index in [9.17, 15) is 0 Å². The number of pyridine rings is 2. The molecule has 4 nitrogen and oxygen atoms in total. The number of hydrogen-bond donors (Lipinski definition) is 1. The van der Waals surface area contributed by atoms with Crippen LogP contribution in [-0.4, -0.2) is 9.97 Å². The summed E-state index contributed by atoms with van der Waals surface area (Å²) >= 11 is 0. The van der Waals surface area contributed by atoms with Crippen LogP contribution in [0.25, 0.3) is 49.4 Å². The van der Waals surface area contributed by atoms with Crippen LogP contribution in [-0.2, 0) is 25.8 Å². The van der Waals surface area contributed by atoms with E-state index in [2.05, 4.69) is 255 Å². The van der Waals surface area contributed by atoms with Crippen molar-refractivity contribution in [3.63, 3.8) is 0 Å². The second kappa shape index (κ2) is 29.9. The van der Waals surface area contributed by atoms with E-state index in [1.54, 1.807) is 0 Å². The number of fused-ring (bicyclic) bond motifs is 2. The maximum atomic E-state index is 5.43. The number of rotatable bonds is 14. The van der Waals surface area contributed by atoms with Gasteiger partial charge in [-0.25, -0.2) is 0 Å². The summed E-state index contributed by atoms with van der Waals surface area (Å²) < 4.78 is 0. The van der Waals surface area contributed by atoms with Gasteiger partial charge in [0.2, 0.25) is 0 Å². The molecular weight excluding hydrogens is 1240 g/mol. The molecule has 0 aliphatic rings. The summed E-state index contributed by atoms with van der Waals surface area (Å²) in [5, 5.41) is 14.2. The minimum atomic E-state index is -0.265. The molecule has 0 radical (unpaired) electrons. The molecule has 394 valence electrons. The van der Waals surface area contributed by atoms with E-state index in [1.165, 1.54) is 49.7 Å². The number of aromatic nitrogens is 2. The van der Waals surface area contributed by atoms with Crippen molar-refractivity contribution in [3.05, 3.63) is 276 Å².